The highest BCUT2D eigenvalue weighted by molar-refractivity contribution is 7.19. The number of nitrogens with one attached hydrogen (secondary N) is 1. The molecule has 0 radical (unpaired) electrons. The second-order valence-electron chi connectivity index (χ2n) is 8.22. The Labute approximate surface area is 171 Å². The van der Waals surface area contributed by atoms with E-state index in [0.29, 0.717) is 5.56 Å². The van der Waals surface area contributed by atoms with Crippen LogP contribution in [0.5, 0.6) is 0 Å². The molecule has 0 bridgehead atoms. The first-order chi connectivity index (χ1) is 13.3. The summed E-state index contributed by atoms with van der Waals surface area (Å²) in [4.78, 5) is 13.1. The molecule has 0 saturated carbocycles. The molecule has 2 aromatic rings. The van der Waals surface area contributed by atoms with E-state index in [1.54, 1.807) is 17.4 Å². The van der Waals surface area contributed by atoms with Crippen molar-refractivity contribution in [3.8, 4) is 0 Å². The number of allylic oxidation sites excluding steroid dienone is 5. The average Bonchev–Trinajstić information content (AvgIpc) is 3.02. The van der Waals surface area contributed by atoms with Crippen LogP contribution in [0.4, 0.5) is 0 Å². The van der Waals surface area contributed by atoms with Crippen molar-refractivity contribution in [2.45, 2.75) is 47.0 Å². The second kappa shape index (κ2) is 8.46. The number of rotatable bonds is 5. The van der Waals surface area contributed by atoms with Crippen molar-refractivity contribution < 1.29 is 9.90 Å². The molecule has 1 heterocycles. The lowest BCUT2D eigenvalue weighted by atomic mass is 9.72. The third-order valence-electron chi connectivity index (χ3n) is 5.47. The highest BCUT2D eigenvalue weighted by Crippen LogP contribution is 2.40. The Morgan fingerprint density at radius 1 is 1.32 bits per heavy atom. The van der Waals surface area contributed by atoms with Crippen LogP contribution >= 0.6 is 11.3 Å². The normalized spacial score (nSPS) is 17.5. The van der Waals surface area contributed by atoms with Crippen LogP contribution in [-0.4, -0.2) is 17.7 Å². The van der Waals surface area contributed by atoms with Gasteiger partial charge in [0, 0.05) is 15.1 Å². The van der Waals surface area contributed by atoms with E-state index in [4.69, 9.17) is 5.11 Å². The Bertz CT molecular complexity index is 976. The highest BCUT2D eigenvalue weighted by atomic mass is 32.1. The van der Waals surface area contributed by atoms with E-state index in [0.717, 1.165) is 10.1 Å². The number of aliphatic hydroxyl groups excluding tert-OH is 1. The molecule has 0 atom stereocenters. The second-order valence-corrected chi connectivity index (χ2v) is 9.33. The topological polar surface area (TPSA) is 49.3 Å². The summed E-state index contributed by atoms with van der Waals surface area (Å²) >= 11 is 1.67. The van der Waals surface area contributed by atoms with Crippen LogP contribution in [0.25, 0.3) is 16.2 Å². The maximum atomic E-state index is 11.9. The summed E-state index contributed by atoms with van der Waals surface area (Å²) in [6, 6.07) is 7.78. The van der Waals surface area contributed by atoms with E-state index >= 15 is 0 Å². The molecule has 1 amide bonds. The predicted octanol–water partition coefficient (Wildman–Crippen LogP) is 6.07. The van der Waals surface area contributed by atoms with Crippen molar-refractivity contribution in [3.63, 3.8) is 0 Å². The predicted molar refractivity (Wildman–Crippen MR) is 120 cm³/mol. The molecule has 0 aliphatic heterocycles. The monoisotopic (exact) mass is 395 g/mol. The Morgan fingerprint density at radius 3 is 2.82 bits per heavy atom. The molecule has 1 aliphatic rings. The number of fused-ring (bicyclic) bond motifs is 1. The maximum absolute atomic E-state index is 11.9. The molecular formula is C24H29NO2S. The average molecular weight is 396 g/mol. The molecule has 1 aromatic carbocycles. The molecule has 28 heavy (non-hydrogen) atoms. The van der Waals surface area contributed by atoms with Crippen LogP contribution in [0.15, 0.2) is 53.1 Å². The first-order valence-electron chi connectivity index (χ1n) is 9.79. The van der Waals surface area contributed by atoms with Gasteiger partial charge in [0.2, 0.25) is 0 Å². The van der Waals surface area contributed by atoms with E-state index in [1.165, 1.54) is 40.9 Å². The minimum absolute atomic E-state index is 0.252. The third-order valence-corrected chi connectivity index (χ3v) is 6.51. The van der Waals surface area contributed by atoms with Gasteiger partial charge in [-0.2, -0.15) is 0 Å². The van der Waals surface area contributed by atoms with Crippen LogP contribution in [0, 0.1) is 5.41 Å². The summed E-state index contributed by atoms with van der Waals surface area (Å²) in [6.07, 6.45) is 10.4. The molecule has 3 nitrogen and oxygen atoms in total. The van der Waals surface area contributed by atoms with Gasteiger partial charge in [-0.1, -0.05) is 37.6 Å². The fraction of sp³-hybridized carbons (Fsp3) is 0.375. The Kier molecular flexibility index (Phi) is 6.21. The molecule has 1 aliphatic carbocycles. The van der Waals surface area contributed by atoms with Gasteiger partial charge in [0.05, 0.1) is 0 Å². The number of carbonyl (C=O) groups excluding carboxylic acids is 1. The molecule has 4 heteroatoms. The van der Waals surface area contributed by atoms with Gasteiger partial charge in [-0.3, -0.25) is 4.79 Å². The largest absolute Gasteiger partial charge is 0.376 e. The lowest BCUT2D eigenvalue weighted by molar-refractivity contribution is 0.0910. The third kappa shape index (κ3) is 4.62. The molecule has 2 N–H and O–H groups in total. The fourth-order valence-electron chi connectivity index (χ4n) is 3.94. The lowest BCUT2D eigenvalue weighted by Gasteiger charge is -2.32. The summed E-state index contributed by atoms with van der Waals surface area (Å²) in [5, 5.41) is 12.4. The van der Waals surface area contributed by atoms with Gasteiger partial charge in [-0.25, -0.2) is 0 Å². The molecule has 0 fully saturated rings. The quantitative estimate of drug-likeness (QED) is 0.477. The highest BCUT2D eigenvalue weighted by Gasteiger charge is 2.26. The van der Waals surface area contributed by atoms with Crippen molar-refractivity contribution in [1.29, 1.82) is 0 Å². The number of hydrogen-bond acceptors (Lipinski definition) is 3. The van der Waals surface area contributed by atoms with Crippen molar-refractivity contribution in [2.75, 3.05) is 6.73 Å². The van der Waals surface area contributed by atoms with Crippen molar-refractivity contribution in [2.24, 2.45) is 5.41 Å². The van der Waals surface area contributed by atoms with Crippen molar-refractivity contribution in [1.82, 2.24) is 5.32 Å². The van der Waals surface area contributed by atoms with Gasteiger partial charge in [0.15, 0.2) is 0 Å². The summed E-state index contributed by atoms with van der Waals surface area (Å²) < 4.78 is 1.07. The van der Waals surface area contributed by atoms with Crippen LogP contribution < -0.4 is 5.32 Å². The molecule has 0 unspecified atom stereocenters. The minimum Gasteiger partial charge on any atom is -0.376 e. The summed E-state index contributed by atoms with van der Waals surface area (Å²) in [6.45, 7) is 8.71. The zero-order valence-electron chi connectivity index (χ0n) is 17.1. The fourth-order valence-corrected chi connectivity index (χ4v) is 5.05. The van der Waals surface area contributed by atoms with Crippen molar-refractivity contribution >= 4 is 33.4 Å². The molecule has 0 spiro atoms. The zero-order valence-corrected chi connectivity index (χ0v) is 18.0. The van der Waals surface area contributed by atoms with Gasteiger partial charge in [-0.15, -0.1) is 11.3 Å². The van der Waals surface area contributed by atoms with Crippen LogP contribution in [0.3, 0.4) is 0 Å². The Hall–Kier alpha value is -2.17. The van der Waals surface area contributed by atoms with Gasteiger partial charge in [0.25, 0.3) is 5.91 Å². The summed E-state index contributed by atoms with van der Waals surface area (Å²) in [7, 11) is 0. The molecule has 1 aromatic heterocycles. The number of benzene rings is 1. The van der Waals surface area contributed by atoms with Gasteiger partial charge in [-0.05, 0) is 79.3 Å². The van der Waals surface area contributed by atoms with E-state index < -0.39 is 0 Å². The summed E-state index contributed by atoms with van der Waals surface area (Å²) in [5.74, 6) is -0.257. The Balaban J connectivity index is 1.82. The Morgan fingerprint density at radius 2 is 2.11 bits per heavy atom. The number of hydrogen-bond donors (Lipinski definition) is 2. The SMILES string of the molecule is CC(C=CC1=C(C)CCCC1(C)C)=Cc1cc2ccc(C(=O)NCO)cc2s1. The van der Waals surface area contributed by atoms with Crippen molar-refractivity contribution in [3.05, 3.63) is 63.6 Å². The standard InChI is InChI=1S/C24H29NO2S/c1-16(7-10-21-17(2)6-5-11-24(21,3)4)12-20-13-18-8-9-19(14-22(18)28-20)23(27)25-15-26/h7-10,12-14,26H,5-6,11,15H2,1-4H3,(H,25,27). The number of aliphatic hydroxyl groups is 1. The maximum Gasteiger partial charge on any atom is 0.253 e. The van der Waals surface area contributed by atoms with Gasteiger partial charge in [0.1, 0.15) is 6.73 Å². The van der Waals surface area contributed by atoms with E-state index in [2.05, 4.69) is 57.3 Å². The van der Waals surface area contributed by atoms with E-state index in [-0.39, 0.29) is 18.1 Å². The minimum atomic E-state index is -0.354. The first-order valence-corrected chi connectivity index (χ1v) is 10.6. The van der Waals surface area contributed by atoms with Crippen LogP contribution in [0.2, 0.25) is 0 Å². The number of thiophene rings is 1. The van der Waals surface area contributed by atoms with Gasteiger partial charge >= 0.3 is 0 Å². The first kappa shape index (κ1) is 20.6. The van der Waals surface area contributed by atoms with Crippen LogP contribution in [0.1, 0.15) is 62.2 Å². The molecule has 3 rings (SSSR count). The summed E-state index contributed by atoms with van der Waals surface area (Å²) in [5.41, 5.74) is 5.02. The smallest absolute Gasteiger partial charge is 0.253 e. The molecular weight excluding hydrogens is 366 g/mol. The van der Waals surface area contributed by atoms with E-state index in [9.17, 15) is 4.79 Å². The van der Waals surface area contributed by atoms with Crippen LogP contribution in [-0.2, 0) is 0 Å². The lowest BCUT2D eigenvalue weighted by Crippen LogP contribution is -2.23. The molecule has 148 valence electrons. The number of carbonyl (C=O) groups is 1. The van der Waals surface area contributed by atoms with E-state index in [1.807, 2.05) is 12.1 Å². The zero-order chi connectivity index (χ0) is 20.3. The van der Waals surface area contributed by atoms with Gasteiger partial charge < -0.3 is 10.4 Å². The number of amides is 1. The molecule has 0 saturated heterocycles.